The summed E-state index contributed by atoms with van der Waals surface area (Å²) in [6, 6.07) is 7.02. The summed E-state index contributed by atoms with van der Waals surface area (Å²) in [5.41, 5.74) is 6.69. The van der Waals surface area contributed by atoms with E-state index in [9.17, 15) is 4.79 Å². The fraction of sp³-hybridized carbons (Fsp3) is 0.364. The predicted molar refractivity (Wildman–Crippen MR) is 58.0 cm³/mol. The molecule has 1 heterocycles. The maximum absolute atomic E-state index is 10.8. The Balaban J connectivity index is 2.17. The van der Waals surface area contributed by atoms with Crippen molar-refractivity contribution >= 4 is 5.97 Å². The van der Waals surface area contributed by atoms with Crippen LogP contribution in [0, 0.1) is 0 Å². The first kappa shape index (κ1) is 10.9. The highest BCUT2D eigenvalue weighted by atomic mass is 16.5. The lowest BCUT2D eigenvalue weighted by atomic mass is 10.0. The van der Waals surface area contributed by atoms with Crippen molar-refractivity contribution in [2.45, 2.75) is 18.5 Å². The van der Waals surface area contributed by atoms with Gasteiger partial charge in [0.15, 0.2) is 0 Å². The van der Waals surface area contributed by atoms with E-state index in [1.807, 2.05) is 24.3 Å². The number of carbonyl (C=O) groups is 1. The van der Waals surface area contributed by atoms with E-state index in [2.05, 4.69) is 10.9 Å². The van der Waals surface area contributed by atoms with Gasteiger partial charge in [-0.15, -0.1) is 0 Å². The molecule has 2 rings (SSSR count). The van der Waals surface area contributed by atoms with E-state index in [0.717, 1.165) is 11.3 Å². The van der Waals surface area contributed by atoms with Crippen LogP contribution in [-0.2, 0) is 4.79 Å². The molecule has 2 unspecified atom stereocenters. The first-order valence-electron chi connectivity index (χ1n) is 5.09. The molecule has 1 fully saturated rings. The summed E-state index contributed by atoms with van der Waals surface area (Å²) >= 11 is 0. The largest absolute Gasteiger partial charge is 0.496 e. The van der Waals surface area contributed by atoms with Crippen molar-refractivity contribution < 1.29 is 14.6 Å². The standard InChI is InChI=1S/C11H14N2O3/c1-16-10-5-3-2-4-7(10)8-6-9(11(14)15)13-12-8/h2-5,8-9,12-13H,6H2,1H3,(H,14,15). The summed E-state index contributed by atoms with van der Waals surface area (Å²) in [6.07, 6.45) is 0.510. The van der Waals surface area contributed by atoms with Crippen molar-refractivity contribution in [3.05, 3.63) is 29.8 Å². The summed E-state index contributed by atoms with van der Waals surface area (Å²) in [7, 11) is 1.61. The minimum atomic E-state index is -0.843. The van der Waals surface area contributed by atoms with Crippen LogP contribution in [0.25, 0.3) is 0 Å². The molecule has 2 atom stereocenters. The number of nitrogens with one attached hydrogen (secondary N) is 2. The van der Waals surface area contributed by atoms with Crippen LogP contribution in [0.15, 0.2) is 24.3 Å². The second kappa shape index (κ2) is 4.51. The van der Waals surface area contributed by atoms with Gasteiger partial charge in [0.1, 0.15) is 11.8 Å². The van der Waals surface area contributed by atoms with Gasteiger partial charge in [0.25, 0.3) is 0 Å². The molecule has 5 nitrogen and oxygen atoms in total. The number of para-hydroxylation sites is 1. The Kier molecular flexibility index (Phi) is 3.07. The van der Waals surface area contributed by atoms with Gasteiger partial charge in [0.05, 0.1) is 13.2 Å². The number of hydrogen-bond acceptors (Lipinski definition) is 4. The van der Waals surface area contributed by atoms with E-state index in [1.54, 1.807) is 7.11 Å². The van der Waals surface area contributed by atoms with Crippen LogP contribution >= 0.6 is 0 Å². The van der Waals surface area contributed by atoms with Crippen LogP contribution in [-0.4, -0.2) is 24.2 Å². The van der Waals surface area contributed by atoms with Crippen LogP contribution in [0.2, 0.25) is 0 Å². The highest BCUT2D eigenvalue weighted by Gasteiger charge is 2.31. The van der Waals surface area contributed by atoms with Crippen molar-refractivity contribution in [3.8, 4) is 5.75 Å². The molecular formula is C11H14N2O3. The number of hydrogen-bond donors (Lipinski definition) is 3. The van der Waals surface area contributed by atoms with Gasteiger partial charge in [-0.2, -0.15) is 0 Å². The molecule has 1 aliphatic rings. The smallest absolute Gasteiger partial charge is 0.322 e. The molecule has 0 aromatic heterocycles. The van der Waals surface area contributed by atoms with E-state index >= 15 is 0 Å². The first-order chi connectivity index (χ1) is 7.72. The SMILES string of the molecule is COc1ccccc1C1CC(C(=O)O)NN1. The van der Waals surface area contributed by atoms with E-state index in [4.69, 9.17) is 9.84 Å². The van der Waals surface area contributed by atoms with E-state index in [1.165, 1.54) is 0 Å². The fourth-order valence-electron chi connectivity index (χ4n) is 1.88. The van der Waals surface area contributed by atoms with Gasteiger partial charge in [-0.25, -0.2) is 10.9 Å². The Hall–Kier alpha value is -1.59. The summed E-state index contributed by atoms with van der Waals surface area (Å²) in [5, 5.41) is 8.87. The normalized spacial score (nSPS) is 24.3. The van der Waals surface area contributed by atoms with Crippen LogP contribution < -0.4 is 15.6 Å². The summed E-state index contributed by atoms with van der Waals surface area (Å²) < 4.78 is 5.24. The molecule has 0 saturated carbocycles. The van der Waals surface area contributed by atoms with Gasteiger partial charge in [0.2, 0.25) is 0 Å². The molecule has 0 bridgehead atoms. The van der Waals surface area contributed by atoms with Crippen molar-refractivity contribution in [3.63, 3.8) is 0 Å². The van der Waals surface area contributed by atoms with Crippen molar-refractivity contribution in [1.82, 2.24) is 10.9 Å². The van der Waals surface area contributed by atoms with E-state index in [-0.39, 0.29) is 6.04 Å². The van der Waals surface area contributed by atoms with Crippen molar-refractivity contribution in [1.29, 1.82) is 0 Å². The molecule has 1 saturated heterocycles. The number of ether oxygens (including phenoxy) is 1. The third-order valence-electron chi connectivity index (χ3n) is 2.72. The van der Waals surface area contributed by atoms with Gasteiger partial charge in [-0.3, -0.25) is 4.79 Å². The molecular weight excluding hydrogens is 208 g/mol. The number of benzene rings is 1. The van der Waals surface area contributed by atoms with Crippen LogP contribution in [0.1, 0.15) is 18.0 Å². The lowest BCUT2D eigenvalue weighted by Gasteiger charge is -2.13. The zero-order valence-electron chi connectivity index (χ0n) is 8.93. The molecule has 0 amide bonds. The second-order valence-electron chi connectivity index (χ2n) is 3.71. The maximum Gasteiger partial charge on any atom is 0.322 e. The van der Waals surface area contributed by atoms with Gasteiger partial charge >= 0.3 is 5.97 Å². The van der Waals surface area contributed by atoms with Crippen LogP contribution in [0.4, 0.5) is 0 Å². The molecule has 5 heteroatoms. The number of rotatable bonds is 3. The minimum Gasteiger partial charge on any atom is -0.496 e. The highest BCUT2D eigenvalue weighted by molar-refractivity contribution is 5.73. The Bertz CT molecular complexity index is 395. The Morgan fingerprint density at radius 3 is 2.81 bits per heavy atom. The third-order valence-corrected chi connectivity index (χ3v) is 2.72. The number of carboxylic acids is 1. The lowest BCUT2D eigenvalue weighted by Crippen LogP contribution is -2.36. The molecule has 0 spiro atoms. The van der Waals surface area contributed by atoms with Gasteiger partial charge in [-0.1, -0.05) is 18.2 Å². The molecule has 1 aromatic carbocycles. The van der Waals surface area contributed by atoms with E-state index < -0.39 is 12.0 Å². The molecule has 86 valence electrons. The number of carboxylic acid groups (broad SMARTS) is 1. The number of hydrazine groups is 1. The first-order valence-corrected chi connectivity index (χ1v) is 5.09. The Labute approximate surface area is 93.4 Å². The van der Waals surface area contributed by atoms with Gasteiger partial charge < -0.3 is 9.84 Å². The topological polar surface area (TPSA) is 70.6 Å². The number of methoxy groups -OCH3 is 1. The highest BCUT2D eigenvalue weighted by Crippen LogP contribution is 2.29. The summed E-state index contributed by atoms with van der Waals surface area (Å²) in [5.74, 6) is -0.0715. The van der Waals surface area contributed by atoms with Crippen molar-refractivity contribution in [2.24, 2.45) is 0 Å². The van der Waals surface area contributed by atoms with Gasteiger partial charge in [-0.05, 0) is 12.5 Å². The second-order valence-corrected chi connectivity index (χ2v) is 3.71. The Morgan fingerprint density at radius 2 is 2.19 bits per heavy atom. The average Bonchev–Trinajstić information content (AvgIpc) is 2.78. The minimum absolute atomic E-state index is 0.0303. The van der Waals surface area contributed by atoms with Crippen LogP contribution in [0.3, 0.4) is 0 Å². The molecule has 3 N–H and O–H groups in total. The van der Waals surface area contributed by atoms with Crippen LogP contribution in [0.5, 0.6) is 5.75 Å². The maximum atomic E-state index is 10.8. The molecule has 0 radical (unpaired) electrons. The molecule has 1 aliphatic heterocycles. The monoisotopic (exact) mass is 222 g/mol. The molecule has 1 aromatic rings. The lowest BCUT2D eigenvalue weighted by molar-refractivity contribution is -0.139. The average molecular weight is 222 g/mol. The van der Waals surface area contributed by atoms with E-state index in [0.29, 0.717) is 6.42 Å². The predicted octanol–water partition coefficient (Wildman–Crippen LogP) is 0.687. The summed E-state index contributed by atoms with van der Waals surface area (Å²) in [4.78, 5) is 10.8. The molecule has 0 aliphatic carbocycles. The zero-order chi connectivity index (χ0) is 11.5. The molecule has 16 heavy (non-hydrogen) atoms. The van der Waals surface area contributed by atoms with Gasteiger partial charge in [0, 0.05) is 5.56 Å². The quantitative estimate of drug-likeness (QED) is 0.701. The zero-order valence-corrected chi connectivity index (χ0v) is 8.93. The third kappa shape index (κ3) is 2.00. The van der Waals surface area contributed by atoms with Crippen molar-refractivity contribution in [2.75, 3.05) is 7.11 Å². The Morgan fingerprint density at radius 1 is 1.44 bits per heavy atom. The summed E-state index contributed by atoms with van der Waals surface area (Å²) in [6.45, 7) is 0. The fourth-order valence-corrected chi connectivity index (χ4v) is 1.88. The number of aliphatic carboxylic acids is 1.